The highest BCUT2D eigenvalue weighted by molar-refractivity contribution is 6.02. The van der Waals surface area contributed by atoms with Crippen LogP contribution < -0.4 is 0 Å². The zero-order valence-corrected chi connectivity index (χ0v) is 19.1. The van der Waals surface area contributed by atoms with Crippen molar-refractivity contribution < 1.29 is 19.8 Å². The fraction of sp³-hybridized carbons (Fsp3) is 0.500. The SMILES string of the molecule is [C-]#[N+]C(C)n1ccc(-c2ccc(C(=O)O)c(C(=O)O)c2)c1CCCCCCCCCCC. The van der Waals surface area contributed by atoms with Gasteiger partial charge in [0.2, 0.25) is 0 Å². The minimum atomic E-state index is -1.27. The standard InChI is InChI=1S/C26H34N2O4/c1-4-5-6-7-8-9-10-11-12-13-24-21(16-17-28(24)19(2)27-3)20-14-15-22(25(29)30)23(18-20)26(31)32/h14-19H,4-13H2,1-2H3,(H,29,30)(H,31,32). The molecule has 0 radical (unpaired) electrons. The number of carboxylic acid groups (broad SMARTS) is 2. The molecule has 0 saturated heterocycles. The summed E-state index contributed by atoms with van der Waals surface area (Å²) in [5, 5.41) is 18.8. The van der Waals surface area contributed by atoms with Crippen LogP contribution in [0, 0.1) is 6.57 Å². The van der Waals surface area contributed by atoms with Crippen molar-refractivity contribution in [3.63, 3.8) is 0 Å². The summed E-state index contributed by atoms with van der Waals surface area (Å²) < 4.78 is 1.94. The van der Waals surface area contributed by atoms with Crippen molar-refractivity contribution in [1.29, 1.82) is 0 Å². The van der Waals surface area contributed by atoms with Crippen LogP contribution in [0.15, 0.2) is 30.5 Å². The van der Waals surface area contributed by atoms with Gasteiger partial charge in [-0.3, -0.25) is 9.41 Å². The van der Waals surface area contributed by atoms with Gasteiger partial charge < -0.3 is 10.2 Å². The molecule has 0 saturated carbocycles. The van der Waals surface area contributed by atoms with Gasteiger partial charge in [0.15, 0.2) is 0 Å². The lowest BCUT2D eigenvalue weighted by atomic mass is 9.97. The molecule has 0 aliphatic carbocycles. The van der Waals surface area contributed by atoms with E-state index in [-0.39, 0.29) is 17.3 Å². The van der Waals surface area contributed by atoms with E-state index >= 15 is 0 Å². The number of rotatable bonds is 14. The maximum Gasteiger partial charge on any atom is 0.336 e. The quantitative estimate of drug-likeness (QED) is 0.244. The first-order chi connectivity index (χ1) is 15.4. The molecule has 0 amide bonds. The summed E-state index contributed by atoms with van der Waals surface area (Å²) in [6.45, 7) is 11.5. The molecule has 6 heteroatoms. The fourth-order valence-corrected chi connectivity index (χ4v) is 4.10. The maximum atomic E-state index is 11.6. The van der Waals surface area contributed by atoms with Crippen LogP contribution >= 0.6 is 0 Å². The predicted molar refractivity (Wildman–Crippen MR) is 126 cm³/mol. The highest BCUT2D eigenvalue weighted by Crippen LogP contribution is 2.31. The lowest BCUT2D eigenvalue weighted by Crippen LogP contribution is -2.08. The molecular formula is C26H34N2O4. The van der Waals surface area contributed by atoms with Crippen molar-refractivity contribution in [2.75, 3.05) is 0 Å². The summed E-state index contributed by atoms with van der Waals surface area (Å²) in [6, 6.07) is 6.32. The van der Waals surface area contributed by atoms with E-state index in [4.69, 9.17) is 6.57 Å². The van der Waals surface area contributed by atoms with E-state index in [0.717, 1.165) is 30.5 Å². The van der Waals surface area contributed by atoms with E-state index in [0.29, 0.717) is 5.56 Å². The summed E-state index contributed by atoms with van der Waals surface area (Å²) in [5.41, 5.74) is 2.07. The van der Waals surface area contributed by atoms with Gasteiger partial charge in [-0.25, -0.2) is 16.2 Å². The van der Waals surface area contributed by atoms with Crippen LogP contribution in [0.5, 0.6) is 0 Å². The number of hydrogen-bond donors (Lipinski definition) is 2. The van der Waals surface area contributed by atoms with E-state index in [1.165, 1.54) is 57.1 Å². The molecule has 0 bridgehead atoms. The van der Waals surface area contributed by atoms with Crippen LogP contribution in [0.2, 0.25) is 0 Å². The minimum Gasteiger partial charge on any atom is -0.478 e. The molecule has 1 aromatic carbocycles. The molecule has 2 aromatic rings. The first kappa shape index (κ1) is 25.2. The fourth-order valence-electron chi connectivity index (χ4n) is 4.10. The normalized spacial score (nSPS) is 11.8. The van der Waals surface area contributed by atoms with E-state index in [9.17, 15) is 19.8 Å². The summed E-state index contributed by atoms with van der Waals surface area (Å²) in [6.07, 6.45) is 13.3. The largest absolute Gasteiger partial charge is 0.478 e. The Morgan fingerprint density at radius 1 is 0.938 bits per heavy atom. The zero-order valence-electron chi connectivity index (χ0n) is 19.1. The Kier molecular flexibility index (Phi) is 10.0. The Bertz CT molecular complexity index is 955. The number of nitrogens with zero attached hydrogens (tertiary/aromatic N) is 2. The smallest absolute Gasteiger partial charge is 0.336 e. The Balaban J connectivity index is 2.15. The molecule has 32 heavy (non-hydrogen) atoms. The molecule has 1 unspecified atom stereocenters. The lowest BCUT2D eigenvalue weighted by molar-refractivity contribution is 0.0651. The van der Waals surface area contributed by atoms with E-state index in [2.05, 4.69) is 11.8 Å². The average molecular weight is 439 g/mol. The van der Waals surface area contributed by atoms with Crippen molar-refractivity contribution in [1.82, 2.24) is 4.57 Å². The third-order valence-electron chi connectivity index (χ3n) is 5.92. The average Bonchev–Trinajstić information content (AvgIpc) is 3.20. The second kappa shape index (κ2) is 12.7. The number of carboxylic acids is 2. The molecule has 0 aliphatic rings. The van der Waals surface area contributed by atoms with Crippen molar-refractivity contribution in [3.8, 4) is 11.1 Å². The van der Waals surface area contributed by atoms with Gasteiger partial charge in [0.05, 0.1) is 11.1 Å². The second-order valence-electron chi connectivity index (χ2n) is 8.29. The van der Waals surface area contributed by atoms with Gasteiger partial charge in [-0.1, -0.05) is 64.4 Å². The van der Waals surface area contributed by atoms with Crippen molar-refractivity contribution >= 4 is 11.9 Å². The van der Waals surface area contributed by atoms with Gasteiger partial charge >= 0.3 is 11.9 Å². The summed E-state index contributed by atoms with van der Waals surface area (Å²) in [4.78, 5) is 26.6. The number of aromatic carboxylic acids is 2. The van der Waals surface area contributed by atoms with Gasteiger partial charge in [-0.05, 0) is 36.6 Å². The third kappa shape index (κ3) is 6.71. The summed E-state index contributed by atoms with van der Waals surface area (Å²) in [7, 11) is 0. The first-order valence-corrected chi connectivity index (χ1v) is 11.6. The Morgan fingerprint density at radius 3 is 2.09 bits per heavy atom. The third-order valence-corrected chi connectivity index (χ3v) is 5.92. The highest BCUT2D eigenvalue weighted by Gasteiger charge is 2.21. The topological polar surface area (TPSA) is 83.9 Å². The van der Waals surface area contributed by atoms with Gasteiger partial charge in [0.1, 0.15) is 0 Å². The number of benzene rings is 1. The number of hydrogen-bond acceptors (Lipinski definition) is 2. The molecule has 172 valence electrons. The van der Waals surface area contributed by atoms with Gasteiger partial charge in [0.25, 0.3) is 6.17 Å². The van der Waals surface area contributed by atoms with Crippen LogP contribution in [0.1, 0.15) is 104 Å². The molecule has 2 rings (SSSR count). The molecule has 0 aliphatic heterocycles. The van der Waals surface area contributed by atoms with E-state index in [1.807, 2.05) is 23.8 Å². The molecule has 1 heterocycles. The van der Waals surface area contributed by atoms with Crippen LogP contribution in [0.25, 0.3) is 16.0 Å². The molecule has 6 nitrogen and oxygen atoms in total. The molecule has 0 spiro atoms. The second-order valence-corrected chi connectivity index (χ2v) is 8.29. The minimum absolute atomic E-state index is 0.226. The molecule has 1 atom stereocenters. The summed E-state index contributed by atoms with van der Waals surface area (Å²) >= 11 is 0. The molecule has 2 N–H and O–H groups in total. The number of aromatic nitrogens is 1. The Hall–Kier alpha value is -3.07. The van der Waals surface area contributed by atoms with Crippen LogP contribution in [0.3, 0.4) is 0 Å². The van der Waals surface area contributed by atoms with Crippen LogP contribution in [-0.2, 0) is 6.42 Å². The van der Waals surface area contributed by atoms with Crippen molar-refractivity contribution in [2.24, 2.45) is 0 Å². The molecule has 0 fully saturated rings. The maximum absolute atomic E-state index is 11.6. The predicted octanol–water partition coefficient (Wildman–Crippen LogP) is 7.06. The van der Waals surface area contributed by atoms with Crippen molar-refractivity contribution in [3.05, 3.63) is 58.7 Å². The summed E-state index contributed by atoms with van der Waals surface area (Å²) in [5.74, 6) is -2.53. The van der Waals surface area contributed by atoms with Gasteiger partial charge in [-0.15, -0.1) is 0 Å². The van der Waals surface area contributed by atoms with Crippen molar-refractivity contribution in [2.45, 2.75) is 84.2 Å². The highest BCUT2D eigenvalue weighted by atomic mass is 16.4. The lowest BCUT2D eigenvalue weighted by Gasteiger charge is -2.12. The monoisotopic (exact) mass is 438 g/mol. The Morgan fingerprint density at radius 2 is 1.53 bits per heavy atom. The molecule has 1 aromatic heterocycles. The van der Waals surface area contributed by atoms with Crippen LogP contribution in [0.4, 0.5) is 0 Å². The zero-order chi connectivity index (χ0) is 23.5. The van der Waals surface area contributed by atoms with Crippen LogP contribution in [-0.4, -0.2) is 26.7 Å². The number of carbonyl (C=O) groups is 2. The first-order valence-electron chi connectivity index (χ1n) is 11.6. The van der Waals surface area contributed by atoms with Gasteiger partial charge in [-0.2, -0.15) is 0 Å². The van der Waals surface area contributed by atoms with Gasteiger partial charge in [0, 0.05) is 24.4 Å². The molecular weight excluding hydrogens is 404 g/mol. The van der Waals surface area contributed by atoms with E-state index in [1.54, 1.807) is 6.07 Å². The Labute approximate surface area is 190 Å². The number of unbranched alkanes of at least 4 members (excludes halogenated alkanes) is 8. The van der Waals surface area contributed by atoms with E-state index < -0.39 is 11.9 Å².